The van der Waals surface area contributed by atoms with Crippen molar-refractivity contribution in [2.45, 2.75) is 58.9 Å². The Morgan fingerprint density at radius 2 is 1.97 bits per heavy atom. The van der Waals surface area contributed by atoms with Crippen LogP contribution in [-0.2, 0) is 17.8 Å². The molecule has 4 rings (SSSR count). The van der Waals surface area contributed by atoms with Crippen LogP contribution in [-0.4, -0.2) is 70.5 Å². The van der Waals surface area contributed by atoms with E-state index in [-0.39, 0.29) is 24.7 Å². The number of carbonyl (C=O) groups excluding carboxylic acids is 1. The Hall–Kier alpha value is -2.75. The van der Waals surface area contributed by atoms with Gasteiger partial charge in [0.25, 0.3) is 0 Å². The average molecular weight is 455 g/mol. The lowest BCUT2D eigenvalue weighted by Crippen LogP contribution is -2.44. The molecule has 1 aromatic heterocycles. The molecule has 2 aromatic rings. The molecule has 2 amide bonds. The lowest BCUT2D eigenvalue weighted by Gasteiger charge is -2.33. The molecule has 0 spiro atoms. The molecule has 0 bridgehead atoms. The van der Waals surface area contributed by atoms with Gasteiger partial charge in [-0.2, -0.15) is 0 Å². The van der Waals surface area contributed by atoms with Gasteiger partial charge in [-0.1, -0.05) is 12.1 Å². The summed E-state index contributed by atoms with van der Waals surface area (Å²) in [5.41, 5.74) is 4.88. The SMILES string of the molecule is CC(CO)NC(=O)Nc1ccc(-c2nc(N3CCOCC3C)nc3c2CN(C(C)C)C3)cc1. The molecule has 2 aliphatic heterocycles. The van der Waals surface area contributed by atoms with Crippen molar-refractivity contribution in [1.82, 2.24) is 20.2 Å². The van der Waals surface area contributed by atoms with Crippen LogP contribution >= 0.6 is 0 Å². The molecule has 2 atom stereocenters. The number of rotatable bonds is 6. The number of benzene rings is 1. The molecule has 33 heavy (non-hydrogen) atoms. The van der Waals surface area contributed by atoms with E-state index in [0.29, 0.717) is 24.9 Å². The Labute approximate surface area is 195 Å². The highest BCUT2D eigenvalue weighted by atomic mass is 16.5. The summed E-state index contributed by atoms with van der Waals surface area (Å²) in [5.74, 6) is 0.754. The van der Waals surface area contributed by atoms with Gasteiger partial charge in [0.05, 0.1) is 43.3 Å². The maximum Gasteiger partial charge on any atom is 0.319 e. The molecule has 9 nitrogen and oxygen atoms in total. The Balaban J connectivity index is 1.63. The van der Waals surface area contributed by atoms with Crippen molar-refractivity contribution in [3.8, 4) is 11.3 Å². The fourth-order valence-electron chi connectivity index (χ4n) is 4.17. The first-order valence-electron chi connectivity index (χ1n) is 11.6. The van der Waals surface area contributed by atoms with Crippen molar-refractivity contribution in [1.29, 1.82) is 0 Å². The number of hydrogen-bond acceptors (Lipinski definition) is 7. The van der Waals surface area contributed by atoms with Crippen LogP contribution in [0, 0.1) is 0 Å². The van der Waals surface area contributed by atoms with Gasteiger partial charge >= 0.3 is 6.03 Å². The first kappa shape index (κ1) is 23.4. The van der Waals surface area contributed by atoms with Crippen molar-refractivity contribution in [3.05, 3.63) is 35.5 Å². The molecule has 9 heteroatoms. The molecule has 178 valence electrons. The molecule has 2 unspecified atom stereocenters. The van der Waals surface area contributed by atoms with Crippen LogP contribution in [0.4, 0.5) is 16.4 Å². The normalized spacial score (nSPS) is 19.5. The van der Waals surface area contributed by atoms with Crippen LogP contribution in [0.15, 0.2) is 24.3 Å². The number of fused-ring (bicyclic) bond motifs is 1. The standard InChI is InChI=1S/C24H34N6O3/c1-15(2)29-11-20-21(12-29)27-23(30-9-10-33-14-17(30)4)28-22(20)18-5-7-19(8-6-18)26-24(32)25-16(3)13-31/h5-8,15-17,31H,9-14H2,1-4H3,(H2,25,26,32). The molecular weight excluding hydrogens is 420 g/mol. The van der Waals surface area contributed by atoms with Crippen molar-refractivity contribution < 1.29 is 14.6 Å². The lowest BCUT2D eigenvalue weighted by molar-refractivity contribution is 0.0980. The fourth-order valence-corrected chi connectivity index (χ4v) is 4.17. The average Bonchev–Trinajstić information content (AvgIpc) is 3.24. The van der Waals surface area contributed by atoms with E-state index in [1.54, 1.807) is 6.92 Å². The lowest BCUT2D eigenvalue weighted by atomic mass is 10.1. The van der Waals surface area contributed by atoms with E-state index in [1.165, 1.54) is 5.56 Å². The first-order valence-corrected chi connectivity index (χ1v) is 11.6. The summed E-state index contributed by atoms with van der Waals surface area (Å²) in [4.78, 5) is 26.7. The third-order valence-electron chi connectivity index (χ3n) is 6.22. The number of morpholine rings is 1. The minimum absolute atomic E-state index is 0.108. The van der Waals surface area contributed by atoms with Gasteiger partial charge in [-0.25, -0.2) is 14.8 Å². The number of nitrogens with zero attached hydrogens (tertiary/aromatic N) is 4. The summed E-state index contributed by atoms with van der Waals surface area (Å²) in [6.45, 7) is 11.9. The number of aliphatic hydroxyl groups excluding tert-OH is 1. The van der Waals surface area contributed by atoms with Crippen molar-refractivity contribution >= 4 is 17.7 Å². The first-order chi connectivity index (χ1) is 15.9. The second-order valence-corrected chi connectivity index (χ2v) is 9.17. The molecule has 1 fully saturated rings. The Morgan fingerprint density at radius 1 is 1.21 bits per heavy atom. The number of nitrogens with one attached hydrogen (secondary N) is 2. The third kappa shape index (κ3) is 5.26. The van der Waals surface area contributed by atoms with Gasteiger partial charge in [0.1, 0.15) is 0 Å². The minimum atomic E-state index is -0.344. The van der Waals surface area contributed by atoms with Gasteiger partial charge < -0.3 is 25.4 Å². The maximum absolute atomic E-state index is 12.1. The zero-order valence-corrected chi connectivity index (χ0v) is 19.8. The quantitative estimate of drug-likeness (QED) is 0.616. The third-order valence-corrected chi connectivity index (χ3v) is 6.22. The van der Waals surface area contributed by atoms with Crippen LogP contribution in [0.5, 0.6) is 0 Å². The highest BCUT2D eigenvalue weighted by molar-refractivity contribution is 5.89. The number of ether oxygens (including phenoxy) is 1. The summed E-state index contributed by atoms with van der Waals surface area (Å²) in [6.07, 6.45) is 0. The Kier molecular flexibility index (Phi) is 7.11. The summed E-state index contributed by atoms with van der Waals surface area (Å²) in [7, 11) is 0. The zero-order chi connectivity index (χ0) is 23.5. The number of hydrogen-bond donors (Lipinski definition) is 3. The largest absolute Gasteiger partial charge is 0.394 e. The van der Waals surface area contributed by atoms with Crippen LogP contribution in [0.3, 0.4) is 0 Å². The van der Waals surface area contributed by atoms with Crippen LogP contribution in [0.2, 0.25) is 0 Å². The number of aromatic nitrogens is 2. The molecule has 1 aromatic carbocycles. The molecule has 0 aliphatic carbocycles. The molecule has 0 radical (unpaired) electrons. The maximum atomic E-state index is 12.1. The van der Waals surface area contributed by atoms with E-state index in [2.05, 4.69) is 41.2 Å². The van der Waals surface area contributed by atoms with Gasteiger partial charge in [-0.3, -0.25) is 4.90 Å². The molecule has 1 saturated heterocycles. The van der Waals surface area contributed by atoms with Crippen molar-refractivity contribution in [2.75, 3.05) is 36.6 Å². The number of aliphatic hydroxyl groups is 1. The summed E-state index contributed by atoms with van der Waals surface area (Å²) in [5, 5.41) is 14.6. The second-order valence-electron chi connectivity index (χ2n) is 9.17. The van der Waals surface area contributed by atoms with E-state index in [4.69, 9.17) is 19.8 Å². The predicted molar refractivity (Wildman–Crippen MR) is 128 cm³/mol. The van der Waals surface area contributed by atoms with Crippen molar-refractivity contribution in [3.63, 3.8) is 0 Å². The van der Waals surface area contributed by atoms with E-state index in [9.17, 15) is 4.79 Å². The number of urea groups is 1. The number of amides is 2. The fraction of sp³-hybridized carbons (Fsp3) is 0.542. The highest BCUT2D eigenvalue weighted by Crippen LogP contribution is 2.34. The second kappa shape index (κ2) is 10.0. The number of anilines is 2. The molecule has 0 saturated carbocycles. The van der Waals surface area contributed by atoms with Gasteiger partial charge in [-0.15, -0.1) is 0 Å². The molecular formula is C24H34N6O3. The van der Waals surface area contributed by atoms with E-state index >= 15 is 0 Å². The van der Waals surface area contributed by atoms with Crippen molar-refractivity contribution in [2.24, 2.45) is 0 Å². The zero-order valence-electron chi connectivity index (χ0n) is 19.8. The predicted octanol–water partition coefficient (Wildman–Crippen LogP) is 2.59. The van der Waals surface area contributed by atoms with Crippen LogP contribution < -0.4 is 15.5 Å². The Bertz CT molecular complexity index is 981. The topological polar surface area (TPSA) is 103 Å². The smallest absolute Gasteiger partial charge is 0.319 e. The van der Waals surface area contributed by atoms with Crippen LogP contribution in [0.25, 0.3) is 11.3 Å². The minimum Gasteiger partial charge on any atom is -0.394 e. The molecule has 3 heterocycles. The molecule has 3 N–H and O–H groups in total. The summed E-state index contributed by atoms with van der Waals surface area (Å²) >= 11 is 0. The number of carbonyl (C=O) groups is 1. The van der Waals surface area contributed by atoms with Gasteiger partial charge in [0.2, 0.25) is 5.95 Å². The molecule has 2 aliphatic rings. The highest BCUT2D eigenvalue weighted by Gasteiger charge is 2.30. The monoisotopic (exact) mass is 454 g/mol. The van der Waals surface area contributed by atoms with Crippen LogP contribution in [0.1, 0.15) is 39.0 Å². The van der Waals surface area contributed by atoms with E-state index in [0.717, 1.165) is 42.5 Å². The summed E-state index contributed by atoms with van der Waals surface area (Å²) < 4.78 is 5.61. The summed E-state index contributed by atoms with van der Waals surface area (Å²) in [6, 6.07) is 7.71. The van der Waals surface area contributed by atoms with E-state index < -0.39 is 0 Å². The van der Waals surface area contributed by atoms with Gasteiger partial charge in [0, 0.05) is 42.5 Å². The van der Waals surface area contributed by atoms with Gasteiger partial charge in [0.15, 0.2) is 0 Å². The Morgan fingerprint density at radius 3 is 2.64 bits per heavy atom. The van der Waals surface area contributed by atoms with E-state index in [1.807, 2.05) is 24.3 Å². The van der Waals surface area contributed by atoms with Gasteiger partial charge in [-0.05, 0) is 39.8 Å².